The Morgan fingerprint density at radius 3 is 1.44 bits per heavy atom. The lowest BCUT2D eigenvalue weighted by Gasteiger charge is -2.36. The van der Waals surface area contributed by atoms with Crippen LogP contribution in [0.1, 0.15) is 61.4 Å². The minimum Gasteiger partial charge on any atom is -0.480 e. The Hall–Kier alpha value is -5.87. The van der Waals surface area contributed by atoms with Gasteiger partial charge in [-0.2, -0.15) is 0 Å². The van der Waals surface area contributed by atoms with Crippen molar-refractivity contribution in [1.29, 1.82) is 0 Å². The molecule has 5 aromatic rings. The lowest BCUT2D eigenvalue weighted by molar-refractivity contribution is -0.141. The molecule has 294 valence electrons. The van der Waals surface area contributed by atoms with Crippen molar-refractivity contribution in [2.75, 3.05) is 12.4 Å². The summed E-state index contributed by atoms with van der Waals surface area (Å²) in [4.78, 5) is 53.7. The predicted octanol–water partition coefficient (Wildman–Crippen LogP) is 7.99. The monoisotopic (exact) mass is 783 g/mol. The largest absolute Gasteiger partial charge is 0.480 e. The molecule has 57 heavy (non-hydrogen) atoms. The fourth-order valence-electron chi connectivity index (χ4n) is 7.49. The van der Waals surface area contributed by atoms with E-state index in [1.54, 1.807) is 27.7 Å². The van der Waals surface area contributed by atoms with Gasteiger partial charge in [-0.1, -0.05) is 167 Å². The highest BCUT2D eigenvalue weighted by atomic mass is 32.2. The van der Waals surface area contributed by atoms with Gasteiger partial charge in [0, 0.05) is 11.7 Å². The predicted molar refractivity (Wildman–Crippen MR) is 225 cm³/mol. The summed E-state index contributed by atoms with van der Waals surface area (Å²) in [5.74, 6) is -3.32. The molecule has 0 aromatic heterocycles. The number of carbonyl (C=O) groups is 4. The van der Waals surface area contributed by atoms with Gasteiger partial charge >= 0.3 is 12.1 Å². The minimum atomic E-state index is -1.30. The first-order valence-electron chi connectivity index (χ1n) is 19.3. The zero-order valence-corrected chi connectivity index (χ0v) is 33.4. The molecule has 0 unspecified atom stereocenters. The molecule has 1 aliphatic rings. The molecule has 0 heterocycles. The van der Waals surface area contributed by atoms with Gasteiger partial charge in [0.15, 0.2) is 0 Å². The Morgan fingerprint density at radius 1 is 0.596 bits per heavy atom. The molecule has 0 spiro atoms. The molecule has 0 saturated carbocycles. The molecule has 10 heteroatoms. The number of rotatable bonds is 16. The SMILES string of the molecule is CC(C)[C@@H](NC(=O)OCC1c2ccccc2-c2ccccc21)C(=O)N[C@@H](C(=O)N[C@H](CSC(c1ccccc1)(c1ccccc1)c1ccccc1)C(=O)O)C(C)C. The number of benzene rings is 5. The minimum absolute atomic E-state index is 0.0104. The zero-order chi connectivity index (χ0) is 40.5. The van der Waals surface area contributed by atoms with Gasteiger partial charge in [-0.25, -0.2) is 9.59 Å². The van der Waals surface area contributed by atoms with Crippen LogP contribution in [-0.4, -0.2) is 59.5 Å². The smallest absolute Gasteiger partial charge is 0.407 e. The second-order valence-corrected chi connectivity index (χ2v) is 16.1. The number of carboxylic acid groups (broad SMARTS) is 1. The number of alkyl carbamates (subject to hydrolysis) is 1. The van der Waals surface area contributed by atoms with Gasteiger partial charge in [0.05, 0.1) is 4.75 Å². The number of hydrogen-bond acceptors (Lipinski definition) is 6. The summed E-state index contributed by atoms with van der Waals surface area (Å²) in [5, 5.41) is 18.7. The highest BCUT2D eigenvalue weighted by Gasteiger charge is 2.40. The Morgan fingerprint density at radius 2 is 1.00 bits per heavy atom. The summed E-state index contributed by atoms with van der Waals surface area (Å²) in [6.07, 6.45) is -0.752. The number of carboxylic acids is 1. The van der Waals surface area contributed by atoms with Gasteiger partial charge in [-0.3, -0.25) is 9.59 Å². The van der Waals surface area contributed by atoms with Gasteiger partial charge in [0.1, 0.15) is 24.7 Å². The van der Waals surface area contributed by atoms with Crippen LogP contribution in [0.4, 0.5) is 4.79 Å². The molecule has 0 radical (unpaired) electrons. The summed E-state index contributed by atoms with van der Waals surface area (Å²) >= 11 is 1.42. The number of nitrogens with one attached hydrogen (secondary N) is 3. The van der Waals surface area contributed by atoms with Gasteiger partial charge in [0.25, 0.3) is 0 Å². The van der Waals surface area contributed by atoms with E-state index in [0.29, 0.717) is 0 Å². The van der Waals surface area contributed by atoms with Gasteiger partial charge < -0.3 is 25.8 Å². The van der Waals surface area contributed by atoms with Crippen molar-refractivity contribution in [3.05, 3.63) is 167 Å². The fraction of sp³-hybridized carbons (Fsp3) is 0.277. The average Bonchev–Trinajstić information content (AvgIpc) is 3.55. The van der Waals surface area contributed by atoms with Crippen LogP contribution in [0, 0.1) is 11.8 Å². The molecule has 3 atom stereocenters. The number of fused-ring (bicyclic) bond motifs is 3. The number of hydrogen-bond donors (Lipinski definition) is 4. The van der Waals surface area contributed by atoms with E-state index in [1.165, 1.54) is 11.8 Å². The molecule has 0 bridgehead atoms. The molecule has 9 nitrogen and oxygen atoms in total. The van der Waals surface area contributed by atoms with Crippen molar-refractivity contribution in [1.82, 2.24) is 16.0 Å². The van der Waals surface area contributed by atoms with Crippen molar-refractivity contribution in [2.45, 2.75) is 56.5 Å². The van der Waals surface area contributed by atoms with Gasteiger partial charge in [0.2, 0.25) is 11.8 Å². The lowest BCUT2D eigenvalue weighted by Crippen LogP contribution is -2.58. The topological polar surface area (TPSA) is 134 Å². The van der Waals surface area contributed by atoms with E-state index in [4.69, 9.17) is 4.74 Å². The van der Waals surface area contributed by atoms with Crippen LogP contribution in [0.15, 0.2) is 140 Å². The van der Waals surface area contributed by atoms with Crippen molar-refractivity contribution in [3.8, 4) is 11.1 Å². The van der Waals surface area contributed by atoms with E-state index >= 15 is 0 Å². The summed E-state index contributed by atoms with van der Waals surface area (Å²) in [5.41, 5.74) is 7.22. The van der Waals surface area contributed by atoms with Crippen LogP contribution in [0.2, 0.25) is 0 Å². The molecule has 0 saturated heterocycles. The Labute approximate surface area is 338 Å². The van der Waals surface area contributed by atoms with Crippen LogP contribution in [0.25, 0.3) is 11.1 Å². The Balaban J connectivity index is 1.14. The molecule has 3 amide bonds. The first-order valence-corrected chi connectivity index (χ1v) is 20.3. The second kappa shape index (κ2) is 18.4. The lowest BCUT2D eigenvalue weighted by atomic mass is 9.84. The Bertz CT molecular complexity index is 2020. The number of carbonyl (C=O) groups excluding carboxylic acids is 3. The summed E-state index contributed by atoms with van der Waals surface area (Å²) < 4.78 is 4.92. The first-order chi connectivity index (χ1) is 27.5. The Kier molecular flexibility index (Phi) is 13.2. The number of amides is 3. The maximum absolute atomic E-state index is 13.9. The van der Waals surface area contributed by atoms with Crippen LogP contribution >= 0.6 is 11.8 Å². The molecule has 4 N–H and O–H groups in total. The van der Waals surface area contributed by atoms with E-state index in [2.05, 4.69) is 28.1 Å². The normalized spacial score (nSPS) is 13.9. The molecule has 5 aromatic carbocycles. The second-order valence-electron chi connectivity index (χ2n) is 14.9. The van der Waals surface area contributed by atoms with E-state index in [9.17, 15) is 24.3 Å². The molecule has 6 rings (SSSR count). The standard InChI is InChI=1S/C47H49N3O6S/c1-30(2)41(49-44(52)42(31(3)4)50-46(55)56-28-39-37-26-16-14-24-35(37)36-25-15-17-27-38(36)39)43(51)48-40(45(53)54)29-57-47(32-18-8-5-9-19-32,33-20-10-6-11-21-33)34-22-12-7-13-23-34/h5-27,30-31,39-42H,28-29H2,1-4H3,(H,48,51)(H,49,52)(H,50,55)(H,53,54)/t40-,41-,42-/m1/s1. The van der Waals surface area contributed by atoms with E-state index in [0.717, 1.165) is 38.9 Å². The molecular formula is C47H49N3O6S. The quantitative estimate of drug-likeness (QED) is 0.0746. The molecule has 0 aliphatic heterocycles. The molecule has 0 fully saturated rings. The van der Waals surface area contributed by atoms with E-state index < -0.39 is 52.7 Å². The number of aliphatic carboxylic acids is 1. The van der Waals surface area contributed by atoms with Crippen LogP contribution < -0.4 is 16.0 Å². The highest BCUT2D eigenvalue weighted by molar-refractivity contribution is 8.00. The van der Waals surface area contributed by atoms with Gasteiger partial charge in [-0.05, 0) is 50.8 Å². The van der Waals surface area contributed by atoms with Crippen LogP contribution in [0.5, 0.6) is 0 Å². The first kappa shape index (κ1) is 40.8. The maximum Gasteiger partial charge on any atom is 0.407 e. The zero-order valence-electron chi connectivity index (χ0n) is 32.6. The van der Waals surface area contributed by atoms with Crippen molar-refractivity contribution >= 4 is 35.6 Å². The summed E-state index contributed by atoms with van der Waals surface area (Å²) in [6, 6.07) is 42.3. The summed E-state index contributed by atoms with van der Waals surface area (Å²) in [7, 11) is 0. The van der Waals surface area contributed by atoms with E-state index in [-0.39, 0.29) is 24.2 Å². The average molecular weight is 784 g/mol. The van der Waals surface area contributed by atoms with Crippen molar-refractivity contribution < 1.29 is 29.0 Å². The third kappa shape index (κ3) is 9.07. The fourth-order valence-corrected chi connectivity index (χ4v) is 9.04. The molecular weight excluding hydrogens is 735 g/mol. The highest BCUT2D eigenvalue weighted by Crippen LogP contribution is 2.49. The van der Waals surface area contributed by atoms with Crippen LogP contribution in [-0.2, 0) is 23.9 Å². The van der Waals surface area contributed by atoms with Crippen LogP contribution in [0.3, 0.4) is 0 Å². The number of ether oxygens (including phenoxy) is 1. The summed E-state index contributed by atoms with van der Waals surface area (Å²) in [6.45, 7) is 7.19. The third-order valence-corrected chi connectivity index (χ3v) is 12.1. The van der Waals surface area contributed by atoms with Crippen molar-refractivity contribution in [2.24, 2.45) is 11.8 Å². The third-order valence-electron chi connectivity index (χ3n) is 10.4. The number of thioether (sulfide) groups is 1. The van der Waals surface area contributed by atoms with Crippen molar-refractivity contribution in [3.63, 3.8) is 0 Å². The van der Waals surface area contributed by atoms with E-state index in [1.807, 2.05) is 127 Å². The molecule has 1 aliphatic carbocycles. The van der Waals surface area contributed by atoms with Gasteiger partial charge in [-0.15, -0.1) is 11.8 Å². The maximum atomic E-state index is 13.9.